The van der Waals surface area contributed by atoms with E-state index in [9.17, 15) is 29.4 Å². The number of hydrogen-bond donors (Lipinski definition) is 7. The predicted molar refractivity (Wildman–Crippen MR) is 217 cm³/mol. The van der Waals surface area contributed by atoms with E-state index in [1.54, 1.807) is 0 Å². The molecule has 4 rings (SSSR count). The highest BCUT2D eigenvalue weighted by atomic mass is 35.5. The van der Waals surface area contributed by atoms with Crippen molar-refractivity contribution in [2.75, 3.05) is 26.3 Å². The molecule has 20 heteroatoms. The number of phenols is 2. The van der Waals surface area contributed by atoms with E-state index in [1.165, 1.54) is 54.9 Å². The van der Waals surface area contributed by atoms with Gasteiger partial charge in [0, 0.05) is 23.5 Å². The van der Waals surface area contributed by atoms with Crippen molar-refractivity contribution in [2.45, 2.75) is 39.5 Å². The van der Waals surface area contributed by atoms with Crippen molar-refractivity contribution in [1.29, 1.82) is 11.1 Å². The molecular weight excluding hydrogens is 838 g/mol. The normalized spacial score (nSPS) is 11.6. The lowest BCUT2D eigenvalue weighted by atomic mass is 10.0. The number of esters is 2. The number of ketones is 2. The van der Waals surface area contributed by atoms with Crippen LogP contribution in [-0.2, 0) is 19.1 Å². The van der Waals surface area contributed by atoms with Crippen LogP contribution in [0.2, 0.25) is 20.4 Å². The molecule has 0 amide bonds. The van der Waals surface area contributed by atoms with Gasteiger partial charge < -0.3 is 35.3 Å². The fraction of sp³-hybridized carbons (Fsp3) is 0.263. The van der Waals surface area contributed by atoms with Crippen LogP contribution in [-0.4, -0.2) is 69.6 Å². The number of aromatic nitrogens is 2. The number of aromatic amines is 1. The summed E-state index contributed by atoms with van der Waals surface area (Å²) in [4.78, 5) is 54.6. The third kappa shape index (κ3) is 10.8. The van der Waals surface area contributed by atoms with E-state index in [0.29, 0.717) is 0 Å². The maximum absolute atomic E-state index is 14.0. The van der Waals surface area contributed by atoms with Crippen LogP contribution in [0.5, 0.6) is 11.5 Å². The molecule has 0 aliphatic heterocycles. The number of benzene rings is 2. The molecule has 7 N–H and O–H groups in total. The maximum atomic E-state index is 14.0. The number of nitrogens with zero attached hydrogens (tertiary/aromatic N) is 3. The maximum Gasteiger partial charge on any atom is 0.325 e. The zero-order chi connectivity index (χ0) is 42.5. The average Bonchev–Trinajstić information content (AvgIpc) is 3.66. The summed E-state index contributed by atoms with van der Waals surface area (Å²) in [5.74, 6) is -3.73. The number of aromatic hydroxyl groups is 2. The Morgan fingerprint density at radius 1 is 0.776 bits per heavy atom. The Kier molecular flexibility index (Phi) is 16.4. The second kappa shape index (κ2) is 21.2. The first-order valence-corrected chi connectivity index (χ1v) is 19.1. The second-order valence-electron chi connectivity index (χ2n) is 12.3. The lowest BCUT2D eigenvalue weighted by Gasteiger charge is -2.13. The third-order valence-electron chi connectivity index (χ3n) is 8.26. The summed E-state index contributed by atoms with van der Waals surface area (Å²) >= 11 is 26.0. The Hall–Kier alpha value is -5.68. The molecule has 0 unspecified atom stereocenters. The van der Waals surface area contributed by atoms with Crippen LogP contribution in [0.4, 0.5) is 0 Å². The molecule has 0 saturated carbocycles. The first-order chi connectivity index (χ1) is 27.8. The number of halogens is 4. The molecule has 0 aliphatic carbocycles. The van der Waals surface area contributed by atoms with E-state index < -0.39 is 35.0 Å². The van der Waals surface area contributed by atoms with Gasteiger partial charge in [0.25, 0.3) is 0 Å². The minimum absolute atomic E-state index is 0.0215. The molecule has 0 saturated heterocycles. The summed E-state index contributed by atoms with van der Waals surface area (Å²) in [6.07, 6.45) is 5.73. The van der Waals surface area contributed by atoms with Crippen molar-refractivity contribution < 1.29 is 38.9 Å². The minimum Gasteiger partial charge on any atom is -0.507 e. The Morgan fingerprint density at radius 2 is 1.26 bits per heavy atom. The standard InChI is InChI=1S/C38H38Cl4N8O8/c1-3-5-11-57-30(53)18-45-16-25(48-43)20-7-9-22(28(51)13-20)35(55)27-15-24(39)38(42)50(27)34-32(40)37(41)47-33(34)36(56)23-10-8-21(14-29(23)52)26(49-44)17-46-19-31(54)58-12-6-4-2/h7-10,13-17,43-47,51-52H,3-6,11-12,18-19H2,1-2H3/b25-16-,26-17-,48-43?,49-44?. The van der Waals surface area contributed by atoms with Gasteiger partial charge in [-0.15, -0.1) is 0 Å². The number of phenolic OH excluding ortho intramolecular Hbond substituents is 2. The van der Waals surface area contributed by atoms with Crippen molar-refractivity contribution in [2.24, 2.45) is 10.2 Å². The number of unbranched alkanes of at least 4 members (excludes halogenated alkanes) is 2. The Morgan fingerprint density at radius 3 is 1.71 bits per heavy atom. The molecule has 0 aliphatic rings. The molecule has 306 valence electrons. The summed E-state index contributed by atoms with van der Waals surface area (Å²) in [5, 5.41) is 33.5. The number of carbonyl (C=O) groups excluding carboxylic acids is 4. The van der Waals surface area contributed by atoms with E-state index in [-0.39, 0.29) is 97.4 Å². The van der Waals surface area contributed by atoms with Gasteiger partial charge >= 0.3 is 11.9 Å². The quantitative estimate of drug-likeness (QED) is 0.0181. The van der Waals surface area contributed by atoms with Crippen molar-refractivity contribution in [3.05, 3.63) is 109 Å². The van der Waals surface area contributed by atoms with E-state index in [1.807, 2.05) is 13.8 Å². The Balaban J connectivity index is 1.63. The van der Waals surface area contributed by atoms with Gasteiger partial charge in [-0.3, -0.25) is 23.7 Å². The molecule has 2 heterocycles. The summed E-state index contributed by atoms with van der Waals surface area (Å²) in [7, 11) is 0. The van der Waals surface area contributed by atoms with Gasteiger partial charge in [0.1, 0.15) is 57.0 Å². The summed E-state index contributed by atoms with van der Waals surface area (Å²) < 4.78 is 11.2. The van der Waals surface area contributed by atoms with Crippen LogP contribution in [0, 0.1) is 11.1 Å². The van der Waals surface area contributed by atoms with Crippen LogP contribution in [0.3, 0.4) is 0 Å². The lowest BCUT2D eigenvalue weighted by molar-refractivity contribution is -0.143. The van der Waals surface area contributed by atoms with Gasteiger partial charge in [0.05, 0.1) is 40.7 Å². The number of ether oxygens (including phenoxy) is 2. The highest BCUT2D eigenvalue weighted by Gasteiger charge is 2.31. The summed E-state index contributed by atoms with van der Waals surface area (Å²) in [6, 6.07) is 8.89. The van der Waals surface area contributed by atoms with Crippen LogP contribution in [0.1, 0.15) is 82.8 Å². The average molecular weight is 877 g/mol. The van der Waals surface area contributed by atoms with Gasteiger partial charge in [-0.1, -0.05) is 85.2 Å². The number of hydrogen-bond acceptors (Lipinski definition) is 14. The van der Waals surface area contributed by atoms with Crippen molar-refractivity contribution in [3.8, 4) is 17.2 Å². The van der Waals surface area contributed by atoms with Crippen LogP contribution in [0.15, 0.2) is 65.1 Å². The van der Waals surface area contributed by atoms with Crippen molar-refractivity contribution in [3.63, 3.8) is 0 Å². The Bertz CT molecular complexity index is 2130. The van der Waals surface area contributed by atoms with E-state index in [4.69, 9.17) is 66.9 Å². The second-order valence-corrected chi connectivity index (χ2v) is 13.8. The first kappa shape index (κ1) is 45.0. The number of carbonyl (C=O) groups is 4. The largest absolute Gasteiger partial charge is 0.507 e. The van der Waals surface area contributed by atoms with E-state index in [2.05, 4.69) is 25.8 Å². The topological polar surface area (TPSA) is 244 Å². The van der Waals surface area contributed by atoms with Gasteiger partial charge in [-0.2, -0.15) is 10.2 Å². The SMILES string of the molecule is CCCCOC(=O)CN/C=C(\N=N)c1ccc(C(=O)c2[nH]c(Cl)c(Cl)c2-n2c(C(=O)c3ccc(/C(=C/NCC(=O)OCCCC)N=N)cc3O)cc(Cl)c2Cl)c(O)c1. The molecule has 0 fully saturated rings. The highest BCUT2D eigenvalue weighted by molar-refractivity contribution is 6.45. The van der Waals surface area contributed by atoms with Gasteiger partial charge in [0.2, 0.25) is 11.6 Å². The van der Waals surface area contributed by atoms with E-state index in [0.717, 1.165) is 30.3 Å². The molecule has 2 aromatic heterocycles. The van der Waals surface area contributed by atoms with Gasteiger partial charge in [0.15, 0.2) is 0 Å². The monoisotopic (exact) mass is 874 g/mol. The molecular formula is C38H38Cl4N8O8. The van der Waals surface area contributed by atoms with Crippen LogP contribution >= 0.6 is 46.4 Å². The first-order valence-electron chi connectivity index (χ1n) is 17.6. The highest BCUT2D eigenvalue weighted by Crippen LogP contribution is 2.41. The van der Waals surface area contributed by atoms with Crippen molar-refractivity contribution >= 4 is 81.3 Å². The fourth-order valence-electron chi connectivity index (χ4n) is 5.28. The molecule has 0 radical (unpaired) electrons. The number of nitrogens with one attached hydrogen (secondary N) is 5. The molecule has 16 nitrogen and oxygen atoms in total. The molecule has 4 aromatic rings. The zero-order valence-electron chi connectivity index (χ0n) is 31.1. The Labute approximate surface area is 352 Å². The zero-order valence-corrected chi connectivity index (χ0v) is 34.1. The summed E-state index contributed by atoms with van der Waals surface area (Å²) in [6.45, 7) is 4.10. The lowest BCUT2D eigenvalue weighted by Crippen LogP contribution is -2.21. The van der Waals surface area contributed by atoms with Gasteiger partial charge in [-0.05, 0) is 43.2 Å². The van der Waals surface area contributed by atoms with Gasteiger partial charge in [-0.25, -0.2) is 11.1 Å². The van der Waals surface area contributed by atoms with Crippen molar-refractivity contribution in [1.82, 2.24) is 20.2 Å². The van der Waals surface area contributed by atoms with E-state index >= 15 is 0 Å². The minimum atomic E-state index is -0.845. The smallest absolute Gasteiger partial charge is 0.325 e. The molecule has 58 heavy (non-hydrogen) atoms. The van der Waals surface area contributed by atoms with Crippen LogP contribution < -0.4 is 10.6 Å². The molecule has 2 aromatic carbocycles. The fourth-order valence-corrected chi connectivity index (χ4v) is 6.11. The molecule has 0 spiro atoms. The molecule has 0 atom stereocenters. The summed E-state index contributed by atoms with van der Waals surface area (Å²) in [5.41, 5.74) is 14.4. The third-order valence-corrected chi connectivity index (χ3v) is 9.77. The number of H-pyrrole nitrogens is 1. The predicted octanol–water partition coefficient (Wildman–Crippen LogP) is 8.82. The molecule has 0 bridgehead atoms. The van der Waals surface area contributed by atoms with Crippen LogP contribution in [0.25, 0.3) is 17.1 Å². The number of rotatable bonds is 21.